The van der Waals surface area contributed by atoms with Gasteiger partial charge in [-0.2, -0.15) is 13.2 Å². The van der Waals surface area contributed by atoms with E-state index in [-0.39, 0.29) is 5.88 Å². The lowest BCUT2D eigenvalue weighted by atomic mass is 9.87. The number of halogens is 3. The molecule has 1 fully saturated rings. The Bertz CT molecular complexity index is 1680. The van der Waals surface area contributed by atoms with Crippen molar-refractivity contribution in [2.24, 2.45) is 10.4 Å². The van der Waals surface area contributed by atoms with Crippen molar-refractivity contribution in [3.05, 3.63) is 65.9 Å². The van der Waals surface area contributed by atoms with E-state index in [2.05, 4.69) is 31.1 Å². The van der Waals surface area contributed by atoms with Crippen LogP contribution >= 0.6 is 11.9 Å². The molecule has 2 atom stereocenters. The number of β-amino-alcohol motifs (C(OH)–C–C–N with tert-alkyl or cyclic N) is 1. The van der Waals surface area contributed by atoms with Crippen LogP contribution in [-0.2, 0) is 6.42 Å². The first-order valence-corrected chi connectivity index (χ1v) is 18.4. The van der Waals surface area contributed by atoms with E-state index in [1.165, 1.54) is 22.7 Å². The van der Waals surface area contributed by atoms with Gasteiger partial charge in [-0.25, -0.2) is 19.4 Å². The highest BCUT2D eigenvalue weighted by Gasteiger charge is 2.51. The number of aliphatic imine (C=N–C) groups is 1. The van der Waals surface area contributed by atoms with Crippen molar-refractivity contribution in [1.29, 1.82) is 0 Å². The average molecular weight is 730 g/mol. The first-order chi connectivity index (χ1) is 24.2. The van der Waals surface area contributed by atoms with Gasteiger partial charge in [0.25, 0.3) is 0 Å². The van der Waals surface area contributed by atoms with Crippen LogP contribution in [0, 0.1) is 5.41 Å². The predicted octanol–water partition coefficient (Wildman–Crippen LogP) is 7.05. The lowest BCUT2D eigenvalue weighted by Crippen LogP contribution is -2.55. The Kier molecular flexibility index (Phi) is 12.4. The fraction of sp³-hybridized carbons (Fsp3) is 0.541. The maximum atomic E-state index is 13.5. The Labute approximate surface area is 302 Å². The lowest BCUT2D eigenvalue weighted by molar-refractivity contribution is -0.219. The number of hydrogen-bond acceptors (Lipinski definition) is 10. The Balaban J connectivity index is 1.43. The van der Waals surface area contributed by atoms with Gasteiger partial charge in [0.2, 0.25) is 5.88 Å². The molecule has 0 radical (unpaired) electrons. The van der Waals surface area contributed by atoms with Gasteiger partial charge in [-0.3, -0.25) is 0 Å². The molecular formula is C37H50F3N7O3S. The molecule has 1 aliphatic carbocycles. The molecule has 1 saturated carbocycles. The largest absolute Gasteiger partial charge is 0.476 e. The molecule has 14 heteroatoms. The fourth-order valence-electron chi connectivity index (χ4n) is 6.39. The van der Waals surface area contributed by atoms with Crippen LogP contribution in [0.25, 0.3) is 11.5 Å². The summed E-state index contributed by atoms with van der Waals surface area (Å²) in [5.41, 5.74) is -1.67. The van der Waals surface area contributed by atoms with Crippen LogP contribution in [0.2, 0.25) is 0 Å². The summed E-state index contributed by atoms with van der Waals surface area (Å²) in [6, 6.07) is 15.4. The van der Waals surface area contributed by atoms with E-state index in [1.807, 2.05) is 36.4 Å². The van der Waals surface area contributed by atoms with Crippen molar-refractivity contribution < 1.29 is 28.1 Å². The van der Waals surface area contributed by atoms with E-state index in [1.54, 1.807) is 26.3 Å². The molecule has 278 valence electrons. The van der Waals surface area contributed by atoms with Crippen molar-refractivity contribution in [3.63, 3.8) is 0 Å². The van der Waals surface area contributed by atoms with Crippen molar-refractivity contribution in [3.8, 4) is 5.88 Å². The molecule has 2 bridgehead atoms. The zero-order chi connectivity index (χ0) is 36.7. The van der Waals surface area contributed by atoms with E-state index in [0.717, 1.165) is 74.3 Å². The molecule has 2 unspecified atom stereocenters. The van der Waals surface area contributed by atoms with Crippen LogP contribution in [0.1, 0.15) is 83.8 Å². The summed E-state index contributed by atoms with van der Waals surface area (Å²) in [5.74, 6) is 1.26. The van der Waals surface area contributed by atoms with Crippen LogP contribution in [0.5, 0.6) is 5.88 Å². The highest BCUT2D eigenvalue weighted by Crippen LogP contribution is 2.41. The minimum Gasteiger partial charge on any atom is -0.476 e. The summed E-state index contributed by atoms with van der Waals surface area (Å²) >= 11 is 1.36. The van der Waals surface area contributed by atoms with Gasteiger partial charge in [0, 0.05) is 30.6 Å². The number of anilines is 1. The summed E-state index contributed by atoms with van der Waals surface area (Å²) in [4.78, 5) is 11.7. The first kappa shape index (κ1) is 38.6. The highest BCUT2D eigenvalue weighted by atomic mass is 32.2. The lowest BCUT2D eigenvalue weighted by Gasteiger charge is -2.40. The molecule has 51 heavy (non-hydrogen) atoms. The van der Waals surface area contributed by atoms with Gasteiger partial charge < -0.3 is 25.2 Å². The fourth-order valence-corrected chi connectivity index (χ4v) is 6.96. The summed E-state index contributed by atoms with van der Waals surface area (Å²) in [6.07, 6.45) is 5.39. The molecule has 2 aromatic heterocycles. The van der Waals surface area contributed by atoms with E-state index in [9.17, 15) is 23.4 Å². The zero-order valence-corrected chi connectivity index (χ0v) is 30.7. The molecule has 4 N–H and O–H groups in total. The van der Waals surface area contributed by atoms with Crippen LogP contribution in [0.15, 0.2) is 64.7 Å². The maximum Gasteiger partial charge on any atom is 0.397 e. The van der Waals surface area contributed by atoms with Crippen LogP contribution in [-0.4, -0.2) is 74.9 Å². The van der Waals surface area contributed by atoms with Crippen LogP contribution in [0.4, 0.5) is 19.0 Å². The number of rotatable bonds is 7. The number of nitrogens with zero attached hydrogens (tertiary/aromatic N) is 5. The van der Waals surface area contributed by atoms with Gasteiger partial charge in [-0.05, 0) is 95.9 Å². The number of alkyl halides is 3. The van der Waals surface area contributed by atoms with E-state index in [4.69, 9.17) is 9.72 Å². The number of pyridine rings is 1. The van der Waals surface area contributed by atoms with Gasteiger partial charge in [-0.1, -0.05) is 43.2 Å². The summed E-state index contributed by atoms with van der Waals surface area (Å²) in [5, 5.41) is 31.3. The summed E-state index contributed by atoms with van der Waals surface area (Å²) in [6.45, 7) is 6.45. The molecule has 0 spiro atoms. The number of aliphatic hydroxyl groups is 2. The van der Waals surface area contributed by atoms with Gasteiger partial charge in [0.1, 0.15) is 23.1 Å². The van der Waals surface area contributed by atoms with Crippen LogP contribution in [0.3, 0.4) is 0 Å². The standard InChI is InChI=1S/C37H50F3N7O3S/c1-5-41-33(47-23-19-30(45-47)50-25-34(2,3)37(38,39)40)32-28-16-10-9-15-27(28)14-8-6-7-11-22-46(24-36(49)21-13-20-35(36,4)48)29-17-12-18-31(44-29)51-43-26-42-32/h5,9-10,12,15-19,23,42-43,48-49H,6-8,11,13-14,20-22,24-26H2,1-4H3/b33-32+,41-5-. The molecule has 2 aliphatic rings. The third-order valence-corrected chi connectivity index (χ3v) is 10.5. The second-order valence-electron chi connectivity index (χ2n) is 14.2. The monoisotopic (exact) mass is 729 g/mol. The molecular weight excluding hydrogens is 680 g/mol. The number of ether oxygens (including phenoxy) is 1. The number of hydrogen-bond donors (Lipinski definition) is 4. The third-order valence-electron chi connectivity index (χ3n) is 9.77. The average Bonchev–Trinajstić information content (AvgIpc) is 3.66. The minimum atomic E-state index is -4.42. The minimum absolute atomic E-state index is 0.0617. The third kappa shape index (κ3) is 9.45. The second kappa shape index (κ2) is 16.4. The number of nitrogens with one attached hydrogen (secondary N) is 2. The highest BCUT2D eigenvalue weighted by molar-refractivity contribution is 7.97. The second-order valence-corrected chi connectivity index (χ2v) is 15.1. The number of aromatic nitrogens is 3. The van der Waals surface area contributed by atoms with Crippen molar-refractivity contribution in [1.82, 2.24) is 24.8 Å². The van der Waals surface area contributed by atoms with Crippen molar-refractivity contribution in [2.45, 2.75) is 101 Å². The molecule has 3 heterocycles. The molecule has 5 rings (SSSR count). The predicted molar refractivity (Wildman–Crippen MR) is 196 cm³/mol. The van der Waals surface area contributed by atoms with E-state index >= 15 is 0 Å². The van der Waals surface area contributed by atoms with Gasteiger partial charge in [-0.15, -0.1) is 5.10 Å². The Morgan fingerprint density at radius 1 is 1.04 bits per heavy atom. The SMILES string of the molecule is C/C=N\C(=C1/NCNSc2cccc(n2)N(CC2(O)CCCC2(C)O)CCCCCCc2ccccc21)n1ccc(OCC(C)(C)C(F)(F)F)n1. The quantitative estimate of drug-likeness (QED) is 0.150. The molecule has 3 aromatic rings. The molecule has 0 saturated heterocycles. The number of aryl methyl sites for hydroxylation is 1. The van der Waals surface area contributed by atoms with Gasteiger partial charge in [0.05, 0.1) is 29.9 Å². The Morgan fingerprint density at radius 3 is 2.57 bits per heavy atom. The van der Waals surface area contributed by atoms with E-state index in [0.29, 0.717) is 44.1 Å². The molecule has 1 aromatic carbocycles. The first-order valence-electron chi connectivity index (χ1n) is 17.6. The Hall–Kier alpha value is -3.59. The van der Waals surface area contributed by atoms with Crippen LogP contribution < -0.4 is 19.7 Å². The molecule has 1 aliphatic heterocycles. The number of benzene rings is 1. The Morgan fingerprint density at radius 2 is 1.82 bits per heavy atom. The van der Waals surface area contributed by atoms with Crippen molar-refractivity contribution >= 4 is 35.5 Å². The van der Waals surface area contributed by atoms with Gasteiger partial charge >= 0.3 is 6.18 Å². The topological polar surface area (TPSA) is 120 Å². The van der Waals surface area contributed by atoms with Crippen molar-refractivity contribution in [2.75, 3.05) is 31.3 Å². The summed E-state index contributed by atoms with van der Waals surface area (Å²) in [7, 11) is 0. The zero-order valence-electron chi connectivity index (χ0n) is 29.8. The molecule has 10 nitrogen and oxygen atoms in total. The van der Waals surface area contributed by atoms with E-state index < -0.39 is 29.4 Å². The smallest absolute Gasteiger partial charge is 0.397 e. The summed E-state index contributed by atoms with van der Waals surface area (Å²) < 4.78 is 50.8. The maximum absolute atomic E-state index is 13.5. The molecule has 0 amide bonds. The van der Waals surface area contributed by atoms with Gasteiger partial charge in [0.15, 0.2) is 5.82 Å². The normalized spacial score (nSPS) is 23.8. The number of fused-ring (bicyclic) bond motifs is 3.